The quantitative estimate of drug-likeness (QED) is 0.519. The van der Waals surface area contributed by atoms with Gasteiger partial charge in [-0.1, -0.05) is 13.3 Å². The van der Waals surface area contributed by atoms with Crippen LogP contribution >= 0.6 is 0 Å². The Hall–Kier alpha value is -2.95. The molecule has 4 rings (SSSR count). The molecule has 5 heteroatoms. The van der Waals surface area contributed by atoms with Gasteiger partial charge in [-0.2, -0.15) is 0 Å². The molecule has 0 radical (unpaired) electrons. The van der Waals surface area contributed by atoms with Crippen LogP contribution in [0.5, 0.6) is 5.75 Å². The van der Waals surface area contributed by atoms with Crippen LogP contribution in [0.3, 0.4) is 0 Å². The standard InChI is InChI=1S/C20H21N3O2/c1-3-4-15-7-9-22(12-15)14-23-19-11-17(24-2)5-6-18(19)21-20(23)16-8-10-25-13-16/h5-13H,3-4,14H2,1-2H3. The second-order valence-corrected chi connectivity index (χ2v) is 6.16. The summed E-state index contributed by atoms with van der Waals surface area (Å²) in [6.45, 7) is 2.89. The van der Waals surface area contributed by atoms with Crippen molar-refractivity contribution in [3.8, 4) is 17.1 Å². The van der Waals surface area contributed by atoms with Gasteiger partial charge in [0, 0.05) is 18.5 Å². The third kappa shape index (κ3) is 2.93. The molecule has 25 heavy (non-hydrogen) atoms. The molecule has 0 aliphatic carbocycles. The minimum atomic E-state index is 0.688. The first-order valence-electron chi connectivity index (χ1n) is 8.50. The van der Waals surface area contributed by atoms with E-state index < -0.39 is 0 Å². The van der Waals surface area contributed by atoms with Gasteiger partial charge >= 0.3 is 0 Å². The zero-order valence-corrected chi connectivity index (χ0v) is 14.5. The van der Waals surface area contributed by atoms with E-state index in [1.807, 2.05) is 24.3 Å². The first kappa shape index (κ1) is 15.6. The monoisotopic (exact) mass is 335 g/mol. The maximum absolute atomic E-state index is 5.40. The molecule has 0 fully saturated rings. The smallest absolute Gasteiger partial charge is 0.145 e. The number of nitrogens with zero attached hydrogens (tertiary/aromatic N) is 3. The van der Waals surface area contributed by atoms with Crippen molar-refractivity contribution in [3.63, 3.8) is 0 Å². The number of imidazole rings is 1. The van der Waals surface area contributed by atoms with Gasteiger partial charge in [-0.15, -0.1) is 0 Å². The second kappa shape index (κ2) is 6.51. The predicted molar refractivity (Wildman–Crippen MR) is 97.8 cm³/mol. The highest BCUT2D eigenvalue weighted by molar-refractivity contribution is 5.81. The average molecular weight is 335 g/mol. The number of benzene rings is 1. The fourth-order valence-electron chi connectivity index (χ4n) is 3.16. The number of furan rings is 1. The van der Waals surface area contributed by atoms with Crippen LogP contribution < -0.4 is 4.74 Å². The summed E-state index contributed by atoms with van der Waals surface area (Å²) < 4.78 is 15.0. The molecule has 4 aromatic rings. The molecule has 128 valence electrons. The van der Waals surface area contributed by atoms with E-state index in [1.165, 1.54) is 5.56 Å². The normalized spacial score (nSPS) is 11.3. The SMILES string of the molecule is CCCc1ccn(Cn2c(-c3ccoc3)nc3ccc(OC)cc32)c1. The van der Waals surface area contributed by atoms with Crippen molar-refractivity contribution in [2.24, 2.45) is 0 Å². The van der Waals surface area contributed by atoms with E-state index in [0.717, 1.165) is 41.0 Å². The summed E-state index contributed by atoms with van der Waals surface area (Å²) in [5.41, 5.74) is 4.31. The summed E-state index contributed by atoms with van der Waals surface area (Å²) in [6, 6.07) is 10.1. The van der Waals surface area contributed by atoms with Gasteiger partial charge in [-0.25, -0.2) is 4.98 Å². The summed E-state index contributed by atoms with van der Waals surface area (Å²) in [5, 5.41) is 0. The molecule has 0 saturated carbocycles. The van der Waals surface area contributed by atoms with Crippen LogP contribution in [0.15, 0.2) is 59.7 Å². The van der Waals surface area contributed by atoms with Crippen LogP contribution in [0.1, 0.15) is 18.9 Å². The molecule has 3 aromatic heterocycles. The summed E-state index contributed by atoms with van der Waals surface area (Å²) >= 11 is 0. The van der Waals surface area contributed by atoms with Crippen molar-refractivity contribution in [2.75, 3.05) is 7.11 Å². The third-order valence-corrected chi connectivity index (χ3v) is 4.39. The topological polar surface area (TPSA) is 45.1 Å². The largest absolute Gasteiger partial charge is 0.497 e. The fourth-order valence-corrected chi connectivity index (χ4v) is 3.16. The van der Waals surface area contributed by atoms with Crippen LogP contribution in [-0.4, -0.2) is 21.2 Å². The highest BCUT2D eigenvalue weighted by Crippen LogP contribution is 2.28. The zero-order valence-electron chi connectivity index (χ0n) is 14.5. The number of aryl methyl sites for hydroxylation is 1. The summed E-state index contributed by atoms with van der Waals surface area (Å²) in [7, 11) is 1.68. The van der Waals surface area contributed by atoms with Gasteiger partial charge in [0.05, 0.1) is 30.0 Å². The maximum atomic E-state index is 5.40. The molecular weight excluding hydrogens is 314 g/mol. The maximum Gasteiger partial charge on any atom is 0.145 e. The van der Waals surface area contributed by atoms with Crippen molar-refractivity contribution >= 4 is 11.0 Å². The Bertz CT molecular complexity index is 980. The molecule has 0 aliphatic heterocycles. The third-order valence-electron chi connectivity index (χ3n) is 4.39. The number of methoxy groups -OCH3 is 1. The van der Waals surface area contributed by atoms with Gasteiger partial charge in [-0.05, 0) is 36.2 Å². The first-order chi connectivity index (χ1) is 12.3. The van der Waals surface area contributed by atoms with Crippen molar-refractivity contribution in [2.45, 2.75) is 26.4 Å². The fraction of sp³-hybridized carbons (Fsp3) is 0.250. The van der Waals surface area contributed by atoms with Crippen molar-refractivity contribution in [3.05, 3.63) is 60.8 Å². The Labute approximate surface area is 146 Å². The van der Waals surface area contributed by atoms with Crippen LogP contribution in [0, 0.1) is 0 Å². The van der Waals surface area contributed by atoms with E-state index in [0.29, 0.717) is 6.67 Å². The number of hydrogen-bond acceptors (Lipinski definition) is 3. The van der Waals surface area contributed by atoms with Gasteiger partial charge in [0.25, 0.3) is 0 Å². The predicted octanol–water partition coefficient (Wildman–Crippen LogP) is 4.56. The van der Waals surface area contributed by atoms with Gasteiger partial charge in [-0.3, -0.25) is 0 Å². The van der Waals surface area contributed by atoms with Crippen molar-refractivity contribution in [1.82, 2.24) is 14.1 Å². The van der Waals surface area contributed by atoms with Crippen LogP contribution in [0.4, 0.5) is 0 Å². The highest BCUT2D eigenvalue weighted by Gasteiger charge is 2.14. The van der Waals surface area contributed by atoms with Gasteiger partial charge in [0.2, 0.25) is 0 Å². The highest BCUT2D eigenvalue weighted by atomic mass is 16.5. The van der Waals surface area contributed by atoms with E-state index >= 15 is 0 Å². The lowest BCUT2D eigenvalue weighted by Gasteiger charge is -2.10. The summed E-state index contributed by atoms with van der Waals surface area (Å²) in [5.74, 6) is 1.72. The van der Waals surface area contributed by atoms with E-state index in [2.05, 4.69) is 34.5 Å². The Morgan fingerprint density at radius 3 is 2.88 bits per heavy atom. The Morgan fingerprint density at radius 1 is 1.20 bits per heavy atom. The molecule has 3 heterocycles. The van der Waals surface area contributed by atoms with Crippen LogP contribution in [-0.2, 0) is 13.1 Å². The Morgan fingerprint density at radius 2 is 2.12 bits per heavy atom. The molecule has 0 amide bonds. The van der Waals surface area contributed by atoms with Gasteiger partial charge in [0.15, 0.2) is 0 Å². The van der Waals surface area contributed by atoms with Crippen molar-refractivity contribution < 1.29 is 9.15 Å². The number of aromatic nitrogens is 3. The molecule has 0 N–H and O–H groups in total. The molecule has 5 nitrogen and oxygen atoms in total. The van der Waals surface area contributed by atoms with E-state index in [-0.39, 0.29) is 0 Å². The molecule has 1 aromatic carbocycles. The minimum absolute atomic E-state index is 0.688. The molecule has 0 atom stereocenters. The van der Waals surface area contributed by atoms with Gasteiger partial charge in [0.1, 0.15) is 24.5 Å². The summed E-state index contributed by atoms with van der Waals surface area (Å²) in [4.78, 5) is 4.80. The molecule has 0 saturated heterocycles. The Kier molecular flexibility index (Phi) is 4.06. The number of hydrogen-bond donors (Lipinski definition) is 0. The molecule has 0 unspecified atom stereocenters. The number of rotatable bonds is 6. The number of fused-ring (bicyclic) bond motifs is 1. The lowest BCUT2D eigenvalue weighted by molar-refractivity contribution is 0.415. The molecule has 0 bridgehead atoms. The second-order valence-electron chi connectivity index (χ2n) is 6.16. The molecule has 0 spiro atoms. The zero-order chi connectivity index (χ0) is 17.2. The van der Waals surface area contributed by atoms with E-state index in [4.69, 9.17) is 14.1 Å². The minimum Gasteiger partial charge on any atom is -0.497 e. The first-order valence-corrected chi connectivity index (χ1v) is 8.50. The summed E-state index contributed by atoms with van der Waals surface area (Å²) in [6.07, 6.45) is 9.97. The average Bonchev–Trinajstić information content (AvgIpc) is 3.36. The van der Waals surface area contributed by atoms with E-state index in [9.17, 15) is 0 Å². The Balaban J connectivity index is 1.82. The lowest BCUT2D eigenvalue weighted by atomic mass is 10.2. The molecule has 0 aliphatic rings. The van der Waals surface area contributed by atoms with Crippen LogP contribution in [0.2, 0.25) is 0 Å². The van der Waals surface area contributed by atoms with Gasteiger partial charge < -0.3 is 18.3 Å². The number of ether oxygens (including phenoxy) is 1. The lowest BCUT2D eigenvalue weighted by Crippen LogP contribution is -2.07. The van der Waals surface area contributed by atoms with E-state index in [1.54, 1.807) is 19.6 Å². The van der Waals surface area contributed by atoms with Crippen LogP contribution in [0.25, 0.3) is 22.4 Å². The molecular formula is C20H21N3O2. The van der Waals surface area contributed by atoms with Crippen molar-refractivity contribution in [1.29, 1.82) is 0 Å².